The molecule has 2 aromatic rings. The molecule has 0 N–H and O–H groups in total. The molecule has 0 bridgehead atoms. The molecule has 1 amide bonds. The van der Waals surface area contributed by atoms with Gasteiger partial charge in [0.05, 0.1) is 24.4 Å². The number of carbonyl (C=O) groups excluding carboxylic acids is 1. The molecule has 2 aromatic heterocycles. The van der Waals surface area contributed by atoms with E-state index in [-0.39, 0.29) is 18.5 Å². The molecule has 1 aliphatic heterocycles. The third kappa shape index (κ3) is 3.18. The van der Waals surface area contributed by atoms with Gasteiger partial charge in [0.1, 0.15) is 11.9 Å². The number of nitrogens with zero attached hydrogens (tertiary/aromatic N) is 4. The fourth-order valence-corrected chi connectivity index (χ4v) is 2.97. The van der Waals surface area contributed by atoms with Crippen LogP contribution in [0.3, 0.4) is 0 Å². The molecule has 0 radical (unpaired) electrons. The van der Waals surface area contributed by atoms with Crippen LogP contribution in [-0.4, -0.2) is 53.4 Å². The number of aromatic nitrogens is 2. The van der Waals surface area contributed by atoms with Crippen molar-refractivity contribution in [2.45, 2.75) is 25.6 Å². The Morgan fingerprint density at radius 3 is 3.00 bits per heavy atom. The fourth-order valence-electron chi connectivity index (χ4n) is 2.97. The van der Waals surface area contributed by atoms with E-state index in [4.69, 9.17) is 4.42 Å². The van der Waals surface area contributed by atoms with Crippen molar-refractivity contribution >= 4 is 11.7 Å². The number of carbonyl (C=O) groups is 1. The van der Waals surface area contributed by atoms with Crippen molar-refractivity contribution < 1.29 is 13.6 Å². The Morgan fingerprint density at radius 2 is 2.35 bits per heavy atom. The summed E-state index contributed by atoms with van der Waals surface area (Å²) in [6, 6.07) is 5.11. The van der Waals surface area contributed by atoms with E-state index in [0.29, 0.717) is 30.1 Å². The molecule has 3 heterocycles. The van der Waals surface area contributed by atoms with E-state index >= 15 is 0 Å². The first-order valence-electron chi connectivity index (χ1n) is 7.54. The zero-order chi connectivity index (χ0) is 16.4. The zero-order valence-electron chi connectivity index (χ0n) is 13.1. The van der Waals surface area contributed by atoms with Gasteiger partial charge in [-0.15, -0.1) is 5.10 Å². The Hall–Kier alpha value is -2.44. The lowest BCUT2D eigenvalue weighted by Crippen LogP contribution is -2.41. The molecule has 23 heavy (non-hydrogen) atoms. The quantitative estimate of drug-likeness (QED) is 0.863. The van der Waals surface area contributed by atoms with E-state index in [2.05, 4.69) is 10.2 Å². The third-order valence-corrected chi connectivity index (χ3v) is 4.14. The summed E-state index contributed by atoms with van der Waals surface area (Å²) < 4.78 is 19.1. The van der Waals surface area contributed by atoms with Crippen molar-refractivity contribution in [3.8, 4) is 0 Å². The normalized spacial score (nSPS) is 20.7. The standard InChI is InChI=1S/C16H19FN4O2/c1-11-14(5-7-23-11)16(22)20(2)10-13-8-12(17)9-21(13)15-4-3-6-18-19-15/h3-7,12-13H,8-10H2,1-2H3/t12-,13-/m0/s1. The summed E-state index contributed by atoms with van der Waals surface area (Å²) in [4.78, 5) is 15.9. The molecule has 0 spiro atoms. The minimum Gasteiger partial charge on any atom is -0.469 e. The first kappa shape index (κ1) is 15.5. The van der Waals surface area contributed by atoms with Gasteiger partial charge >= 0.3 is 0 Å². The van der Waals surface area contributed by atoms with Gasteiger partial charge in [-0.3, -0.25) is 4.79 Å². The molecule has 2 atom stereocenters. The molecule has 3 rings (SSSR count). The monoisotopic (exact) mass is 318 g/mol. The lowest BCUT2D eigenvalue weighted by Gasteiger charge is -2.28. The molecule has 0 unspecified atom stereocenters. The highest BCUT2D eigenvalue weighted by molar-refractivity contribution is 5.94. The van der Waals surface area contributed by atoms with Gasteiger partial charge in [-0.1, -0.05) is 0 Å². The third-order valence-electron chi connectivity index (χ3n) is 4.14. The van der Waals surface area contributed by atoms with E-state index in [1.54, 1.807) is 43.3 Å². The molecule has 7 heteroatoms. The topological polar surface area (TPSA) is 62.5 Å². The number of anilines is 1. The maximum atomic E-state index is 13.9. The van der Waals surface area contributed by atoms with E-state index in [0.717, 1.165) is 0 Å². The minimum atomic E-state index is -0.929. The number of likely N-dealkylation sites (N-methyl/N-ethyl adjacent to an activating group) is 1. The predicted octanol–water partition coefficient (Wildman–Crippen LogP) is 2.07. The molecule has 0 aromatic carbocycles. The highest BCUT2D eigenvalue weighted by atomic mass is 19.1. The fraction of sp³-hybridized carbons (Fsp3) is 0.438. The van der Waals surface area contributed by atoms with Gasteiger partial charge in [0.15, 0.2) is 5.82 Å². The van der Waals surface area contributed by atoms with Crippen LogP contribution in [0.2, 0.25) is 0 Å². The van der Waals surface area contributed by atoms with E-state index in [1.807, 2.05) is 4.90 Å². The van der Waals surface area contributed by atoms with E-state index < -0.39 is 6.17 Å². The van der Waals surface area contributed by atoms with Gasteiger partial charge in [0, 0.05) is 26.2 Å². The number of rotatable bonds is 4. The Bertz CT molecular complexity index is 676. The van der Waals surface area contributed by atoms with Crippen LogP contribution in [0.5, 0.6) is 0 Å². The Balaban J connectivity index is 1.73. The van der Waals surface area contributed by atoms with Crippen LogP contribution in [0, 0.1) is 6.92 Å². The van der Waals surface area contributed by atoms with Crippen LogP contribution >= 0.6 is 0 Å². The van der Waals surface area contributed by atoms with Crippen molar-refractivity contribution in [2.24, 2.45) is 0 Å². The average Bonchev–Trinajstić information content (AvgIpc) is 3.13. The summed E-state index contributed by atoms with van der Waals surface area (Å²) in [6.45, 7) is 2.44. The highest BCUT2D eigenvalue weighted by Crippen LogP contribution is 2.26. The van der Waals surface area contributed by atoms with Crippen molar-refractivity contribution in [1.29, 1.82) is 0 Å². The second-order valence-electron chi connectivity index (χ2n) is 5.80. The van der Waals surface area contributed by atoms with Gasteiger partial charge in [-0.2, -0.15) is 5.10 Å². The number of hydrogen-bond donors (Lipinski definition) is 0. The molecule has 122 valence electrons. The maximum Gasteiger partial charge on any atom is 0.257 e. The highest BCUT2D eigenvalue weighted by Gasteiger charge is 2.34. The molecule has 1 fully saturated rings. The van der Waals surface area contributed by atoms with Crippen LogP contribution < -0.4 is 4.90 Å². The summed E-state index contributed by atoms with van der Waals surface area (Å²) in [5.74, 6) is 1.10. The van der Waals surface area contributed by atoms with Crippen LogP contribution in [0.4, 0.5) is 10.2 Å². The number of halogens is 1. The largest absolute Gasteiger partial charge is 0.469 e. The lowest BCUT2D eigenvalue weighted by molar-refractivity contribution is 0.0784. The molecular formula is C16H19FN4O2. The lowest BCUT2D eigenvalue weighted by atomic mass is 10.1. The average molecular weight is 318 g/mol. The molecule has 0 aliphatic carbocycles. The smallest absolute Gasteiger partial charge is 0.257 e. The van der Waals surface area contributed by atoms with Gasteiger partial charge in [0.25, 0.3) is 5.91 Å². The molecule has 1 aliphatic rings. The molecule has 6 nitrogen and oxygen atoms in total. The van der Waals surface area contributed by atoms with Gasteiger partial charge < -0.3 is 14.2 Å². The second kappa shape index (κ2) is 6.36. The number of hydrogen-bond acceptors (Lipinski definition) is 5. The molecule has 1 saturated heterocycles. The first-order chi connectivity index (χ1) is 11.1. The van der Waals surface area contributed by atoms with Crippen LogP contribution in [0.1, 0.15) is 22.5 Å². The predicted molar refractivity (Wildman–Crippen MR) is 83.1 cm³/mol. The first-order valence-corrected chi connectivity index (χ1v) is 7.54. The summed E-state index contributed by atoms with van der Waals surface area (Å²) in [5.41, 5.74) is 0.536. The zero-order valence-corrected chi connectivity index (χ0v) is 13.1. The van der Waals surface area contributed by atoms with Crippen molar-refractivity contribution in [3.05, 3.63) is 42.0 Å². The summed E-state index contributed by atoms with van der Waals surface area (Å²) in [7, 11) is 1.72. The Morgan fingerprint density at radius 1 is 1.52 bits per heavy atom. The van der Waals surface area contributed by atoms with Crippen LogP contribution in [0.25, 0.3) is 0 Å². The van der Waals surface area contributed by atoms with E-state index in [9.17, 15) is 9.18 Å². The second-order valence-corrected chi connectivity index (χ2v) is 5.80. The SMILES string of the molecule is Cc1occc1C(=O)N(C)C[C@@H]1C[C@H](F)CN1c1cccnn1. The van der Waals surface area contributed by atoms with E-state index in [1.165, 1.54) is 6.26 Å². The Labute approximate surface area is 133 Å². The van der Waals surface area contributed by atoms with Crippen molar-refractivity contribution in [2.75, 3.05) is 25.0 Å². The molecule has 0 saturated carbocycles. The number of furan rings is 1. The maximum absolute atomic E-state index is 13.9. The van der Waals surface area contributed by atoms with Gasteiger partial charge in [-0.05, 0) is 25.1 Å². The van der Waals surface area contributed by atoms with Gasteiger partial charge in [0.2, 0.25) is 0 Å². The van der Waals surface area contributed by atoms with Gasteiger partial charge in [-0.25, -0.2) is 4.39 Å². The van der Waals surface area contributed by atoms with Crippen molar-refractivity contribution in [3.63, 3.8) is 0 Å². The summed E-state index contributed by atoms with van der Waals surface area (Å²) in [5, 5.41) is 7.90. The minimum absolute atomic E-state index is 0.122. The Kier molecular flexibility index (Phi) is 4.27. The molecular weight excluding hydrogens is 299 g/mol. The van der Waals surface area contributed by atoms with Crippen LogP contribution in [0.15, 0.2) is 35.1 Å². The number of amides is 1. The number of alkyl halides is 1. The summed E-state index contributed by atoms with van der Waals surface area (Å²) in [6.07, 6.45) is 2.52. The van der Waals surface area contributed by atoms with Crippen molar-refractivity contribution in [1.82, 2.24) is 15.1 Å². The number of aryl methyl sites for hydroxylation is 1. The van der Waals surface area contributed by atoms with Crippen LogP contribution in [-0.2, 0) is 0 Å². The summed E-state index contributed by atoms with van der Waals surface area (Å²) >= 11 is 0.